The standard InChI is InChI=1S/C10H10N2.C2H6/c1-4-9(6-11)10(7-12)5-8(2)3;1-2/h4-5H,2H2,1,3H3;1-2H3/b9-4-,10-5-;. The van der Waals surface area contributed by atoms with E-state index in [9.17, 15) is 0 Å². The van der Waals surface area contributed by atoms with E-state index in [1.165, 1.54) is 0 Å². The summed E-state index contributed by atoms with van der Waals surface area (Å²) in [5, 5.41) is 17.3. The van der Waals surface area contributed by atoms with E-state index in [1.807, 2.05) is 26.0 Å². The van der Waals surface area contributed by atoms with Crippen molar-refractivity contribution in [2.45, 2.75) is 27.7 Å². The topological polar surface area (TPSA) is 47.6 Å². The molecule has 0 rings (SSSR count). The Morgan fingerprint density at radius 1 is 1.14 bits per heavy atom. The maximum atomic E-state index is 8.66. The maximum Gasteiger partial charge on any atom is 0.101 e. The summed E-state index contributed by atoms with van der Waals surface area (Å²) in [4.78, 5) is 0. The molecule has 0 aromatic carbocycles. The Kier molecular flexibility index (Phi) is 9.76. The van der Waals surface area contributed by atoms with Gasteiger partial charge in [-0.3, -0.25) is 0 Å². The highest BCUT2D eigenvalue weighted by molar-refractivity contribution is 5.51. The van der Waals surface area contributed by atoms with Gasteiger partial charge in [-0.1, -0.05) is 32.1 Å². The average molecular weight is 188 g/mol. The van der Waals surface area contributed by atoms with Crippen molar-refractivity contribution < 1.29 is 0 Å². The first-order valence-electron chi connectivity index (χ1n) is 4.49. The van der Waals surface area contributed by atoms with Gasteiger partial charge in [0, 0.05) is 0 Å². The third-order valence-corrected chi connectivity index (χ3v) is 1.21. The lowest BCUT2D eigenvalue weighted by Crippen LogP contribution is -1.83. The lowest BCUT2D eigenvalue weighted by molar-refractivity contribution is 1.40. The fraction of sp³-hybridized carbons (Fsp3) is 0.333. The van der Waals surface area contributed by atoms with Crippen LogP contribution in [0.1, 0.15) is 27.7 Å². The quantitative estimate of drug-likeness (QED) is 0.491. The fourth-order valence-corrected chi connectivity index (χ4v) is 0.697. The van der Waals surface area contributed by atoms with Crippen LogP contribution in [0.4, 0.5) is 0 Å². The zero-order valence-corrected chi connectivity index (χ0v) is 9.26. The molecule has 0 bridgehead atoms. The molecular formula is C12H16N2. The molecule has 2 heteroatoms. The van der Waals surface area contributed by atoms with E-state index < -0.39 is 0 Å². The first-order valence-corrected chi connectivity index (χ1v) is 4.49. The van der Waals surface area contributed by atoms with E-state index in [0.717, 1.165) is 5.57 Å². The Morgan fingerprint density at radius 3 is 1.79 bits per heavy atom. The molecule has 0 saturated heterocycles. The summed E-state index contributed by atoms with van der Waals surface area (Å²) in [6.07, 6.45) is 3.20. The van der Waals surface area contributed by atoms with Crippen LogP contribution in [0, 0.1) is 22.7 Å². The highest BCUT2D eigenvalue weighted by Gasteiger charge is 2.00. The van der Waals surface area contributed by atoms with Crippen molar-refractivity contribution in [2.75, 3.05) is 0 Å². The molecule has 0 unspecified atom stereocenters. The van der Waals surface area contributed by atoms with Gasteiger partial charge in [0.05, 0.1) is 11.1 Å². The van der Waals surface area contributed by atoms with Gasteiger partial charge in [-0.05, 0) is 19.9 Å². The number of hydrogen-bond acceptors (Lipinski definition) is 2. The van der Waals surface area contributed by atoms with Crippen LogP contribution in [-0.4, -0.2) is 0 Å². The molecule has 0 amide bonds. The second-order valence-electron chi connectivity index (χ2n) is 2.33. The predicted octanol–water partition coefficient (Wildman–Crippen LogP) is 3.51. The van der Waals surface area contributed by atoms with Gasteiger partial charge in [-0.2, -0.15) is 10.5 Å². The van der Waals surface area contributed by atoms with E-state index >= 15 is 0 Å². The predicted molar refractivity (Wildman–Crippen MR) is 59.2 cm³/mol. The minimum absolute atomic E-state index is 0.368. The second-order valence-corrected chi connectivity index (χ2v) is 2.33. The van der Waals surface area contributed by atoms with Crippen molar-refractivity contribution in [3.05, 3.63) is 35.5 Å². The Balaban J connectivity index is 0. The third kappa shape index (κ3) is 5.80. The van der Waals surface area contributed by atoms with Gasteiger partial charge in [0.1, 0.15) is 12.1 Å². The highest BCUT2D eigenvalue weighted by atomic mass is 14.3. The summed E-state index contributed by atoms with van der Waals surface area (Å²) >= 11 is 0. The molecule has 0 aliphatic rings. The van der Waals surface area contributed by atoms with Gasteiger partial charge < -0.3 is 0 Å². The van der Waals surface area contributed by atoms with Crippen molar-refractivity contribution >= 4 is 0 Å². The van der Waals surface area contributed by atoms with Gasteiger partial charge >= 0.3 is 0 Å². The first-order chi connectivity index (χ1) is 6.65. The normalized spacial score (nSPS) is 10.4. The molecule has 0 radical (unpaired) electrons. The smallest absolute Gasteiger partial charge is 0.101 e. The molecule has 0 saturated carbocycles. The van der Waals surface area contributed by atoms with E-state index in [0.29, 0.717) is 11.1 Å². The number of nitriles is 2. The van der Waals surface area contributed by atoms with Crippen LogP contribution in [0.25, 0.3) is 0 Å². The van der Waals surface area contributed by atoms with Crippen LogP contribution < -0.4 is 0 Å². The molecule has 0 aromatic heterocycles. The van der Waals surface area contributed by atoms with Crippen molar-refractivity contribution in [2.24, 2.45) is 0 Å². The molecule has 0 aromatic rings. The van der Waals surface area contributed by atoms with E-state index in [4.69, 9.17) is 10.5 Å². The number of allylic oxidation sites excluding steroid dienone is 5. The highest BCUT2D eigenvalue weighted by Crippen LogP contribution is 2.09. The van der Waals surface area contributed by atoms with Crippen LogP contribution in [0.5, 0.6) is 0 Å². The first kappa shape index (κ1) is 14.7. The van der Waals surface area contributed by atoms with Crippen LogP contribution in [-0.2, 0) is 0 Å². The Hall–Kier alpha value is -1.80. The van der Waals surface area contributed by atoms with Crippen molar-refractivity contribution in [3.63, 3.8) is 0 Å². The van der Waals surface area contributed by atoms with Crippen molar-refractivity contribution in [3.8, 4) is 12.1 Å². The van der Waals surface area contributed by atoms with Crippen LogP contribution in [0.15, 0.2) is 35.5 Å². The minimum Gasteiger partial charge on any atom is -0.192 e. The average Bonchev–Trinajstić information content (AvgIpc) is 2.20. The summed E-state index contributed by atoms with van der Waals surface area (Å²) in [7, 11) is 0. The summed E-state index contributed by atoms with van der Waals surface area (Å²) in [6.45, 7) is 11.1. The molecule has 0 N–H and O–H groups in total. The second kappa shape index (κ2) is 9.29. The van der Waals surface area contributed by atoms with Gasteiger partial charge in [0.25, 0.3) is 0 Å². The van der Waals surface area contributed by atoms with E-state index in [-0.39, 0.29) is 0 Å². The van der Waals surface area contributed by atoms with Crippen molar-refractivity contribution in [1.82, 2.24) is 0 Å². The van der Waals surface area contributed by atoms with E-state index in [1.54, 1.807) is 26.0 Å². The summed E-state index contributed by atoms with van der Waals surface area (Å²) in [5.74, 6) is 0. The Labute approximate surface area is 86.5 Å². The number of hydrogen-bond donors (Lipinski definition) is 0. The molecule has 0 heterocycles. The SMILES string of the molecule is C=C(C)/C=C(C#N)\C(C#N)=C/C.CC. The van der Waals surface area contributed by atoms with Gasteiger partial charge in [0.15, 0.2) is 0 Å². The lowest BCUT2D eigenvalue weighted by atomic mass is 10.1. The number of rotatable bonds is 2. The molecule has 0 fully saturated rings. The lowest BCUT2D eigenvalue weighted by Gasteiger charge is -1.93. The molecule has 0 aliphatic heterocycles. The maximum absolute atomic E-state index is 8.66. The molecule has 0 aliphatic carbocycles. The molecule has 2 nitrogen and oxygen atoms in total. The summed E-state index contributed by atoms with van der Waals surface area (Å²) in [5.41, 5.74) is 1.52. The molecule has 74 valence electrons. The zero-order valence-electron chi connectivity index (χ0n) is 9.26. The molecule has 0 atom stereocenters. The Bertz CT molecular complexity index is 319. The van der Waals surface area contributed by atoms with Crippen molar-refractivity contribution in [1.29, 1.82) is 10.5 Å². The molecule has 0 spiro atoms. The summed E-state index contributed by atoms with van der Waals surface area (Å²) in [6, 6.07) is 3.88. The largest absolute Gasteiger partial charge is 0.192 e. The minimum atomic E-state index is 0.368. The van der Waals surface area contributed by atoms with Gasteiger partial charge in [0.2, 0.25) is 0 Å². The van der Waals surface area contributed by atoms with Gasteiger partial charge in [-0.25, -0.2) is 0 Å². The fourth-order valence-electron chi connectivity index (χ4n) is 0.697. The molecular weight excluding hydrogens is 172 g/mol. The third-order valence-electron chi connectivity index (χ3n) is 1.21. The van der Waals surface area contributed by atoms with E-state index in [2.05, 4.69) is 6.58 Å². The van der Waals surface area contributed by atoms with Crippen LogP contribution in [0.3, 0.4) is 0 Å². The van der Waals surface area contributed by atoms with Crippen LogP contribution >= 0.6 is 0 Å². The van der Waals surface area contributed by atoms with Crippen LogP contribution in [0.2, 0.25) is 0 Å². The molecule has 14 heavy (non-hydrogen) atoms. The zero-order chi connectivity index (χ0) is 11.6. The van der Waals surface area contributed by atoms with Gasteiger partial charge in [-0.15, -0.1) is 0 Å². The monoisotopic (exact) mass is 188 g/mol. The Morgan fingerprint density at radius 2 is 1.57 bits per heavy atom. The number of nitrogens with zero attached hydrogens (tertiary/aromatic N) is 2. The summed E-state index contributed by atoms with van der Waals surface area (Å²) < 4.78 is 0.